The first-order chi connectivity index (χ1) is 8.08. The third kappa shape index (κ3) is 2.84. The third-order valence-electron chi connectivity index (χ3n) is 2.62. The molecule has 1 atom stereocenters. The standard InChI is InChI=1S/C12H12FIN2O/c1-16-5-4-15-12(16)7-11(17)9-3-2-8(13)6-10(9)14/h2-6,11,17H,7H2,1H3. The summed E-state index contributed by atoms with van der Waals surface area (Å²) >= 11 is 2.02. The molecule has 1 aromatic carbocycles. The fourth-order valence-corrected chi connectivity index (χ4v) is 2.48. The minimum Gasteiger partial charge on any atom is -0.388 e. The number of halogens is 2. The Labute approximate surface area is 112 Å². The summed E-state index contributed by atoms with van der Waals surface area (Å²) in [6, 6.07) is 4.39. The molecular weight excluding hydrogens is 334 g/mol. The Hall–Kier alpha value is -0.950. The van der Waals surface area contributed by atoms with Crippen molar-refractivity contribution in [2.45, 2.75) is 12.5 Å². The van der Waals surface area contributed by atoms with Crippen LogP contribution in [0.5, 0.6) is 0 Å². The van der Waals surface area contributed by atoms with Gasteiger partial charge in [0.25, 0.3) is 0 Å². The minimum absolute atomic E-state index is 0.289. The molecule has 2 rings (SSSR count). The molecule has 0 radical (unpaired) electrons. The summed E-state index contributed by atoms with van der Waals surface area (Å²) in [7, 11) is 1.88. The number of benzene rings is 1. The summed E-state index contributed by atoms with van der Waals surface area (Å²) in [6.07, 6.45) is 3.28. The number of imidazole rings is 1. The average Bonchev–Trinajstić information content (AvgIpc) is 2.64. The van der Waals surface area contributed by atoms with Crippen LogP contribution in [-0.4, -0.2) is 14.7 Å². The molecule has 1 N–H and O–H groups in total. The lowest BCUT2D eigenvalue weighted by atomic mass is 10.1. The normalized spacial score (nSPS) is 12.7. The topological polar surface area (TPSA) is 38.0 Å². The molecule has 1 aromatic heterocycles. The summed E-state index contributed by atoms with van der Waals surface area (Å²) in [5.74, 6) is 0.514. The Bertz CT molecular complexity index is 527. The third-order valence-corrected chi connectivity index (χ3v) is 3.55. The molecular formula is C12H12FIN2O. The van der Waals surface area contributed by atoms with E-state index < -0.39 is 6.10 Å². The van der Waals surface area contributed by atoms with Gasteiger partial charge in [-0.1, -0.05) is 6.07 Å². The Morgan fingerprint density at radius 3 is 2.88 bits per heavy atom. The van der Waals surface area contributed by atoms with E-state index in [4.69, 9.17) is 0 Å². The van der Waals surface area contributed by atoms with Crippen LogP contribution in [0, 0.1) is 9.39 Å². The van der Waals surface area contributed by atoms with Crippen LogP contribution in [-0.2, 0) is 13.5 Å². The van der Waals surface area contributed by atoms with Crippen molar-refractivity contribution < 1.29 is 9.50 Å². The van der Waals surface area contributed by atoms with E-state index >= 15 is 0 Å². The molecule has 0 aliphatic heterocycles. The molecule has 1 heterocycles. The Balaban J connectivity index is 2.20. The summed E-state index contributed by atoms with van der Waals surface area (Å²) < 4.78 is 15.5. The van der Waals surface area contributed by atoms with Gasteiger partial charge in [-0.05, 0) is 40.3 Å². The number of aliphatic hydroxyl groups is 1. The van der Waals surface area contributed by atoms with Crippen LogP contribution < -0.4 is 0 Å². The zero-order valence-corrected chi connectivity index (χ0v) is 11.4. The second-order valence-corrected chi connectivity index (χ2v) is 5.00. The number of aryl methyl sites for hydroxylation is 1. The Morgan fingerprint density at radius 1 is 1.53 bits per heavy atom. The number of rotatable bonds is 3. The van der Waals surface area contributed by atoms with Gasteiger partial charge in [-0.15, -0.1) is 0 Å². The molecule has 0 amide bonds. The molecule has 0 bridgehead atoms. The predicted octanol–water partition coefficient (Wildman–Crippen LogP) is 2.44. The van der Waals surface area contributed by atoms with Crippen molar-refractivity contribution in [1.29, 1.82) is 0 Å². The van der Waals surface area contributed by atoms with Crippen molar-refractivity contribution in [3.05, 3.63) is 51.4 Å². The van der Waals surface area contributed by atoms with Crippen molar-refractivity contribution >= 4 is 22.6 Å². The van der Waals surface area contributed by atoms with E-state index in [0.717, 1.165) is 15.0 Å². The quantitative estimate of drug-likeness (QED) is 0.867. The van der Waals surface area contributed by atoms with Crippen LogP contribution in [0.4, 0.5) is 4.39 Å². The van der Waals surface area contributed by atoms with Crippen molar-refractivity contribution in [3.63, 3.8) is 0 Å². The maximum atomic E-state index is 12.9. The molecule has 0 aliphatic rings. The maximum absolute atomic E-state index is 12.9. The first-order valence-electron chi connectivity index (χ1n) is 5.17. The zero-order chi connectivity index (χ0) is 12.4. The summed E-state index contributed by atoms with van der Waals surface area (Å²) in [5, 5.41) is 10.1. The van der Waals surface area contributed by atoms with Gasteiger partial charge in [0.05, 0.1) is 6.10 Å². The van der Waals surface area contributed by atoms with E-state index in [2.05, 4.69) is 4.98 Å². The molecule has 1 unspecified atom stereocenters. The van der Waals surface area contributed by atoms with Gasteiger partial charge in [-0.2, -0.15) is 0 Å². The van der Waals surface area contributed by atoms with Crippen LogP contribution in [0.25, 0.3) is 0 Å². The molecule has 0 aliphatic carbocycles. The molecule has 90 valence electrons. The molecule has 3 nitrogen and oxygen atoms in total. The van der Waals surface area contributed by atoms with Gasteiger partial charge in [0.15, 0.2) is 0 Å². The first-order valence-corrected chi connectivity index (χ1v) is 6.25. The minimum atomic E-state index is -0.663. The monoisotopic (exact) mass is 346 g/mol. The van der Waals surface area contributed by atoms with Gasteiger partial charge in [0.2, 0.25) is 0 Å². The molecule has 0 saturated heterocycles. The molecule has 17 heavy (non-hydrogen) atoms. The lowest BCUT2D eigenvalue weighted by Gasteiger charge is -2.12. The van der Waals surface area contributed by atoms with Gasteiger partial charge in [-0.25, -0.2) is 9.37 Å². The number of aromatic nitrogens is 2. The highest BCUT2D eigenvalue weighted by Gasteiger charge is 2.14. The highest BCUT2D eigenvalue weighted by Crippen LogP contribution is 2.23. The van der Waals surface area contributed by atoms with Crippen LogP contribution in [0.3, 0.4) is 0 Å². The zero-order valence-electron chi connectivity index (χ0n) is 9.27. The molecule has 0 saturated carbocycles. The molecule has 0 fully saturated rings. The number of aliphatic hydroxyl groups excluding tert-OH is 1. The summed E-state index contributed by atoms with van der Waals surface area (Å²) in [5.41, 5.74) is 0.731. The van der Waals surface area contributed by atoms with E-state index in [9.17, 15) is 9.50 Å². The Morgan fingerprint density at radius 2 is 2.29 bits per heavy atom. The molecule has 0 spiro atoms. The fourth-order valence-electron chi connectivity index (χ4n) is 1.65. The highest BCUT2D eigenvalue weighted by molar-refractivity contribution is 14.1. The fraction of sp³-hybridized carbons (Fsp3) is 0.250. The van der Waals surface area contributed by atoms with E-state index in [1.54, 1.807) is 12.3 Å². The molecule has 2 aromatic rings. The summed E-state index contributed by atoms with van der Waals surface area (Å²) in [6.45, 7) is 0. The maximum Gasteiger partial charge on any atom is 0.124 e. The SMILES string of the molecule is Cn1ccnc1CC(O)c1ccc(F)cc1I. The Kier molecular flexibility index (Phi) is 3.78. The number of nitrogens with zero attached hydrogens (tertiary/aromatic N) is 2. The number of hydrogen-bond acceptors (Lipinski definition) is 2. The van der Waals surface area contributed by atoms with Gasteiger partial charge in [0, 0.05) is 29.4 Å². The van der Waals surface area contributed by atoms with Gasteiger partial charge in [-0.3, -0.25) is 0 Å². The molecule has 5 heteroatoms. The van der Waals surface area contributed by atoms with Gasteiger partial charge >= 0.3 is 0 Å². The lowest BCUT2D eigenvalue weighted by Crippen LogP contribution is -2.08. The van der Waals surface area contributed by atoms with E-state index in [1.807, 2.05) is 40.4 Å². The van der Waals surface area contributed by atoms with Crippen LogP contribution in [0.1, 0.15) is 17.5 Å². The van der Waals surface area contributed by atoms with Crippen molar-refractivity contribution in [2.24, 2.45) is 7.05 Å². The van der Waals surface area contributed by atoms with Crippen LogP contribution >= 0.6 is 22.6 Å². The largest absolute Gasteiger partial charge is 0.388 e. The van der Waals surface area contributed by atoms with Gasteiger partial charge in [0.1, 0.15) is 11.6 Å². The van der Waals surface area contributed by atoms with Crippen molar-refractivity contribution in [3.8, 4) is 0 Å². The first kappa shape index (κ1) is 12.5. The summed E-state index contributed by atoms with van der Waals surface area (Å²) in [4.78, 5) is 4.15. The van der Waals surface area contributed by atoms with Crippen LogP contribution in [0.2, 0.25) is 0 Å². The average molecular weight is 346 g/mol. The second-order valence-electron chi connectivity index (χ2n) is 3.84. The van der Waals surface area contributed by atoms with Crippen LogP contribution in [0.15, 0.2) is 30.6 Å². The van der Waals surface area contributed by atoms with Crippen molar-refractivity contribution in [1.82, 2.24) is 9.55 Å². The van der Waals surface area contributed by atoms with Gasteiger partial charge < -0.3 is 9.67 Å². The smallest absolute Gasteiger partial charge is 0.124 e. The highest BCUT2D eigenvalue weighted by atomic mass is 127. The van der Waals surface area contributed by atoms with Crippen molar-refractivity contribution in [2.75, 3.05) is 0 Å². The second kappa shape index (κ2) is 5.14. The van der Waals surface area contributed by atoms with E-state index in [0.29, 0.717) is 6.42 Å². The van der Waals surface area contributed by atoms with E-state index in [-0.39, 0.29) is 5.82 Å². The predicted molar refractivity (Wildman–Crippen MR) is 71.0 cm³/mol. The number of hydrogen-bond donors (Lipinski definition) is 1. The lowest BCUT2D eigenvalue weighted by molar-refractivity contribution is 0.174. The van der Waals surface area contributed by atoms with E-state index in [1.165, 1.54) is 12.1 Å².